The Morgan fingerprint density at radius 1 is 1.39 bits per heavy atom. The van der Waals surface area contributed by atoms with Gasteiger partial charge in [-0.05, 0) is 36.8 Å². The number of benzene rings is 1. The van der Waals surface area contributed by atoms with Gasteiger partial charge in [0.25, 0.3) is 5.91 Å². The molecule has 6 heteroatoms. The van der Waals surface area contributed by atoms with Crippen molar-refractivity contribution in [3.63, 3.8) is 0 Å². The van der Waals surface area contributed by atoms with Crippen molar-refractivity contribution < 1.29 is 23.8 Å². The van der Waals surface area contributed by atoms with E-state index in [4.69, 9.17) is 9.47 Å². The zero-order chi connectivity index (χ0) is 16.3. The van der Waals surface area contributed by atoms with E-state index in [1.165, 1.54) is 18.2 Å². The minimum Gasteiger partial charge on any atom is -0.484 e. The Balaban J connectivity index is 1.47. The molecule has 1 aromatic carbocycles. The van der Waals surface area contributed by atoms with Crippen molar-refractivity contribution >= 4 is 5.91 Å². The van der Waals surface area contributed by atoms with Crippen molar-refractivity contribution in [2.75, 3.05) is 33.0 Å². The molecule has 1 atom stereocenters. The maximum Gasteiger partial charge on any atom is 0.257 e. The summed E-state index contributed by atoms with van der Waals surface area (Å²) in [6, 6.07) is 5.69. The summed E-state index contributed by atoms with van der Waals surface area (Å²) >= 11 is 0. The highest BCUT2D eigenvalue weighted by molar-refractivity contribution is 5.77. The van der Waals surface area contributed by atoms with Gasteiger partial charge in [0, 0.05) is 31.2 Å². The number of hydrogen-bond acceptors (Lipinski definition) is 4. The maximum atomic E-state index is 13.0. The molecule has 3 rings (SSSR count). The van der Waals surface area contributed by atoms with Gasteiger partial charge in [0.2, 0.25) is 0 Å². The summed E-state index contributed by atoms with van der Waals surface area (Å²) in [7, 11) is 0. The van der Waals surface area contributed by atoms with E-state index in [-0.39, 0.29) is 30.0 Å². The minimum atomic E-state index is -0.401. The van der Waals surface area contributed by atoms with E-state index in [1.807, 2.05) is 0 Å². The van der Waals surface area contributed by atoms with Gasteiger partial charge < -0.3 is 19.9 Å². The van der Waals surface area contributed by atoms with E-state index >= 15 is 0 Å². The van der Waals surface area contributed by atoms with Gasteiger partial charge in [0.1, 0.15) is 11.6 Å². The van der Waals surface area contributed by atoms with Crippen molar-refractivity contribution in [2.45, 2.75) is 19.3 Å². The van der Waals surface area contributed by atoms with E-state index < -0.39 is 5.82 Å². The Kier molecular flexibility index (Phi) is 4.55. The molecule has 5 nitrogen and oxygen atoms in total. The fourth-order valence-corrected chi connectivity index (χ4v) is 3.63. The Labute approximate surface area is 134 Å². The lowest BCUT2D eigenvalue weighted by Crippen LogP contribution is -2.38. The lowest BCUT2D eigenvalue weighted by Gasteiger charge is -2.28. The maximum absolute atomic E-state index is 13.0. The second kappa shape index (κ2) is 6.45. The molecular weight excluding hydrogens is 301 g/mol. The van der Waals surface area contributed by atoms with Crippen LogP contribution in [0.3, 0.4) is 0 Å². The van der Waals surface area contributed by atoms with Gasteiger partial charge in [-0.1, -0.05) is 6.07 Å². The van der Waals surface area contributed by atoms with Crippen molar-refractivity contribution in [3.8, 4) is 5.75 Å². The second-order valence-corrected chi connectivity index (χ2v) is 6.53. The summed E-state index contributed by atoms with van der Waals surface area (Å²) in [5, 5.41) is 12.6. The van der Waals surface area contributed by atoms with Crippen LogP contribution < -0.4 is 10.1 Å². The molecule has 1 aromatic rings. The zero-order valence-electron chi connectivity index (χ0n) is 13.0. The van der Waals surface area contributed by atoms with Crippen LogP contribution >= 0.6 is 0 Å². The van der Waals surface area contributed by atoms with Crippen LogP contribution in [0.5, 0.6) is 5.75 Å². The molecule has 1 amide bonds. The first kappa shape index (κ1) is 16.2. The van der Waals surface area contributed by atoms with Gasteiger partial charge in [-0.15, -0.1) is 0 Å². The summed E-state index contributed by atoms with van der Waals surface area (Å²) in [4.78, 5) is 11.9. The molecule has 1 saturated heterocycles. The Morgan fingerprint density at radius 2 is 2.17 bits per heavy atom. The number of ether oxygens (including phenoxy) is 2. The molecule has 1 aliphatic heterocycles. The van der Waals surface area contributed by atoms with Crippen LogP contribution in [0, 0.1) is 16.6 Å². The smallest absolute Gasteiger partial charge is 0.257 e. The molecule has 1 spiro atoms. The fraction of sp³-hybridized carbons (Fsp3) is 0.588. The van der Waals surface area contributed by atoms with Crippen LogP contribution in [-0.2, 0) is 9.53 Å². The first-order valence-corrected chi connectivity index (χ1v) is 7.93. The Hall–Kier alpha value is -1.66. The summed E-state index contributed by atoms with van der Waals surface area (Å²) in [5.74, 6) is -0.345. The third-order valence-electron chi connectivity index (χ3n) is 5.22. The third kappa shape index (κ3) is 3.33. The number of carbonyl (C=O) groups is 1. The molecule has 1 unspecified atom stereocenters. The minimum absolute atomic E-state index is 0.0675. The molecule has 0 bridgehead atoms. The van der Waals surface area contributed by atoms with Crippen molar-refractivity contribution in [1.82, 2.24) is 5.32 Å². The number of nitrogens with one attached hydrogen (secondary N) is 1. The largest absolute Gasteiger partial charge is 0.484 e. The molecule has 23 heavy (non-hydrogen) atoms. The number of aliphatic hydroxyl groups excluding tert-OH is 1. The molecule has 2 aliphatic rings. The molecule has 2 N–H and O–H groups in total. The van der Waals surface area contributed by atoms with Crippen LogP contribution in [0.4, 0.5) is 4.39 Å². The van der Waals surface area contributed by atoms with Crippen LogP contribution in [0.15, 0.2) is 24.3 Å². The third-order valence-corrected chi connectivity index (χ3v) is 5.22. The normalized spacial score (nSPS) is 25.1. The number of rotatable bonds is 6. The van der Waals surface area contributed by atoms with Crippen LogP contribution in [0.25, 0.3) is 0 Å². The topological polar surface area (TPSA) is 67.8 Å². The molecule has 1 aliphatic carbocycles. The Bertz CT molecular complexity index is 573. The lowest BCUT2D eigenvalue weighted by molar-refractivity contribution is -0.123. The highest BCUT2D eigenvalue weighted by Gasteiger charge is 2.66. The van der Waals surface area contributed by atoms with E-state index in [1.54, 1.807) is 6.07 Å². The Morgan fingerprint density at radius 3 is 2.87 bits per heavy atom. The number of carbonyl (C=O) groups excluding carboxylic acids is 1. The second-order valence-electron chi connectivity index (χ2n) is 6.53. The van der Waals surface area contributed by atoms with Crippen LogP contribution in [0.2, 0.25) is 0 Å². The first-order valence-electron chi connectivity index (χ1n) is 7.93. The zero-order valence-corrected chi connectivity index (χ0v) is 13.0. The van der Waals surface area contributed by atoms with Gasteiger partial charge in [0.05, 0.1) is 6.61 Å². The highest BCUT2D eigenvalue weighted by Crippen LogP contribution is 2.68. The quantitative estimate of drug-likeness (QED) is 0.832. The number of aliphatic hydroxyl groups is 1. The fourth-order valence-electron chi connectivity index (χ4n) is 3.63. The monoisotopic (exact) mass is 323 g/mol. The molecular formula is C17H22FNO4. The first-order chi connectivity index (χ1) is 11.1. The molecule has 0 aromatic heterocycles. The molecule has 1 saturated carbocycles. The summed E-state index contributed by atoms with van der Waals surface area (Å²) < 4.78 is 23.7. The number of halogens is 1. The SMILES string of the molecule is O=C(COc1cccc(F)c1)NCC1(CO)CC12CCOCC2. The van der Waals surface area contributed by atoms with Gasteiger partial charge in [-0.3, -0.25) is 4.79 Å². The average molecular weight is 323 g/mol. The summed E-state index contributed by atoms with van der Waals surface area (Å²) in [6.07, 6.45) is 2.79. The number of amides is 1. The molecule has 0 radical (unpaired) electrons. The van der Waals surface area contributed by atoms with Crippen LogP contribution in [0.1, 0.15) is 19.3 Å². The van der Waals surface area contributed by atoms with Crippen molar-refractivity contribution in [1.29, 1.82) is 0 Å². The molecule has 1 heterocycles. The number of hydrogen-bond donors (Lipinski definition) is 2. The summed E-state index contributed by atoms with van der Waals surface area (Å²) in [6.45, 7) is 1.78. The molecule has 2 fully saturated rings. The van der Waals surface area contributed by atoms with Gasteiger partial charge in [-0.2, -0.15) is 0 Å². The van der Waals surface area contributed by atoms with Crippen LogP contribution in [-0.4, -0.2) is 44.0 Å². The van der Waals surface area contributed by atoms with Gasteiger partial charge in [0.15, 0.2) is 6.61 Å². The predicted molar refractivity (Wildman–Crippen MR) is 81.5 cm³/mol. The van der Waals surface area contributed by atoms with E-state index in [9.17, 15) is 14.3 Å². The van der Waals surface area contributed by atoms with Gasteiger partial charge >= 0.3 is 0 Å². The molecule has 126 valence electrons. The van der Waals surface area contributed by atoms with Crippen molar-refractivity contribution in [3.05, 3.63) is 30.1 Å². The van der Waals surface area contributed by atoms with Crippen molar-refractivity contribution in [2.24, 2.45) is 10.8 Å². The summed E-state index contributed by atoms with van der Waals surface area (Å²) in [5.41, 5.74) is -0.123. The average Bonchev–Trinajstić information content (AvgIpc) is 3.18. The van der Waals surface area contributed by atoms with E-state index in [0.29, 0.717) is 12.3 Å². The standard InChI is InChI=1S/C17H22FNO4/c18-13-2-1-3-14(8-13)23-9-15(21)19-11-17(12-20)10-16(17)4-6-22-7-5-16/h1-3,8,20H,4-7,9-12H2,(H,19,21). The van der Waals surface area contributed by atoms with Gasteiger partial charge in [-0.25, -0.2) is 4.39 Å². The van der Waals surface area contributed by atoms with E-state index in [2.05, 4.69) is 5.32 Å². The lowest BCUT2D eigenvalue weighted by atomic mass is 9.86. The highest BCUT2D eigenvalue weighted by atomic mass is 19.1. The van der Waals surface area contributed by atoms with E-state index in [0.717, 1.165) is 32.5 Å². The predicted octanol–water partition coefficient (Wildman–Crippen LogP) is 1.50.